The number of rotatable bonds is 7. The second kappa shape index (κ2) is 8.99. The fraction of sp³-hybridized carbons (Fsp3) is 0.211. The molecule has 0 heterocycles. The molecule has 2 rings (SSSR count). The van der Waals surface area contributed by atoms with E-state index in [-0.39, 0.29) is 5.91 Å². The number of carbonyl (C=O) groups excluding carboxylic acids is 1. The van der Waals surface area contributed by atoms with Crippen molar-refractivity contribution in [3.63, 3.8) is 0 Å². The molecule has 0 radical (unpaired) electrons. The molecule has 1 N–H and O–H groups in total. The Hall–Kier alpha value is -2.66. The number of nitrogens with one attached hydrogen (secondary N) is 1. The predicted molar refractivity (Wildman–Crippen MR) is 98.4 cm³/mol. The van der Waals surface area contributed by atoms with E-state index < -0.39 is 0 Å². The number of hydrogen-bond donors (Lipinski definition) is 1. The summed E-state index contributed by atoms with van der Waals surface area (Å²) < 4.78 is 15.9. The molecule has 0 fully saturated rings. The standard InChI is InChI=1S/C19H20ClNO4/c1-23-16-11-18(25-3)17(24-2)10-14(16)12-21-19(22)9-6-13-4-7-15(20)8-5-13/h4-11H,12H2,1-3H3,(H,21,22)/b9-6+. The zero-order chi connectivity index (χ0) is 18.2. The van der Waals surface area contributed by atoms with Crippen molar-refractivity contribution in [2.75, 3.05) is 21.3 Å². The Kier molecular flexibility index (Phi) is 6.71. The predicted octanol–water partition coefficient (Wildman–Crippen LogP) is 3.70. The molecule has 0 saturated carbocycles. The molecule has 1 amide bonds. The van der Waals surface area contributed by atoms with Crippen LogP contribution in [-0.2, 0) is 11.3 Å². The Morgan fingerprint density at radius 3 is 2.20 bits per heavy atom. The molecule has 0 bridgehead atoms. The van der Waals surface area contributed by atoms with Crippen LogP contribution in [0.15, 0.2) is 42.5 Å². The van der Waals surface area contributed by atoms with E-state index in [9.17, 15) is 4.79 Å². The number of carbonyl (C=O) groups is 1. The third kappa shape index (κ3) is 5.16. The molecule has 5 nitrogen and oxygen atoms in total. The van der Waals surface area contributed by atoms with E-state index in [4.69, 9.17) is 25.8 Å². The highest BCUT2D eigenvalue weighted by molar-refractivity contribution is 6.30. The van der Waals surface area contributed by atoms with Gasteiger partial charge in [0.25, 0.3) is 0 Å². The van der Waals surface area contributed by atoms with Gasteiger partial charge in [0, 0.05) is 29.3 Å². The summed E-state index contributed by atoms with van der Waals surface area (Å²) in [6.45, 7) is 0.299. The van der Waals surface area contributed by atoms with Crippen LogP contribution in [0.5, 0.6) is 17.2 Å². The monoisotopic (exact) mass is 361 g/mol. The van der Waals surface area contributed by atoms with Crippen LogP contribution < -0.4 is 19.5 Å². The lowest BCUT2D eigenvalue weighted by molar-refractivity contribution is -0.116. The Morgan fingerprint density at radius 1 is 1.00 bits per heavy atom. The van der Waals surface area contributed by atoms with E-state index in [0.717, 1.165) is 11.1 Å². The van der Waals surface area contributed by atoms with Gasteiger partial charge in [-0.3, -0.25) is 4.79 Å². The van der Waals surface area contributed by atoms with Gasteiger partial charge in [-0.2, -0.15) is 0 Å². The van der Waals surface area contributed by atoms with Crippen LogP contribution in [0.25, 0.3) is 6.08 Å². The fourth-order valence-corrected chi connectivity index (χ4v) is 2.34. The zero-order valence-corrected chi connectivity index (χ0v) is 15.1. The molecule has 25 heavy (non-hydrogen) atoms. The van der Waals surface area contributed by atoms with Gasteiger partial charge in [-0.05, 0) is 29.8 Å². The van der Waals surface area contributed by atoms with Crippen LogP contribution in [0.4, 0.5) is 0 Å². The summed E-state index contributed by atoms with van der Waals surface area (Å²) in [4.78, 5) is 12.0. The first-order valence-corrected chi connectivity index (χ1v) is 7.95. The lowest BCUT2D eigenvalue weighted by Crippen LogP contribution is -2.20. The van der Waals surface area contributed by atoms with Crippen molar-refractivity contribution in [1.82, 2.24) is 5.32 Å². The van der Waals surface area contributed by atoms with Crippen molar-refractivity contribution < 1.29 is 19.0 Å². The summed E-state index contributed by atoms with van der Waals surface area (Å²) in [7, 11) is 4.68. The fourth-order valence-electron chi connectivity index (χ4n) is 2.22. The van der Waals surface area contributed by atoms with E-state index in [1.165, 1.54) is 6.08 Å². The number of halogens is 1. The van der Waals surface area contributed by atoms with Gasteiger partial charge in [0.15, 0.2) is 11.5 Å². The largest absolute Gasteiger partial charge is 0.496 e. The van der Waals surface area contributed by atoms with Gasteiger partial charge in [-0.25, -0.2) is 0 Å². The molecule has 0 spiro atoms. The minimum Gasteiger partial charge on any atom is -0.496 e. The molecular formula is C19H20ClNO4. The second-order valence-corrected chi connectivity index (χ2v) is 5.56. The average Bonchev–Trinajstić information content (AvgIpc) is 2.65. The van der Waals surface area contributed by atoms with E-state index in [0.29, 0.717) is 28.8 Å². The van der Waals surface area contributed by atoms with Gasteiger partial charge >= 0.3 is 0 Å². The number of methoxy groups -OCH3 is 3. The summed E-state index contributed by atoms with van der Waals surface area (Å²) >= 11 is 5.83. The van der Waals surface area contributed by atoms with Gasteiger partial charge in [-0.15, -0.1) is 0 Å². The molecule has 0 atom stereocenters. The Morgan fingerprint density at radius 2 is 1.60 bits per heavy atom. The van der Waals surface area contributed by atoms with Crippen molar-refractivity contribution in [3.8, 4) is 17.2 Å². The third-order valence-corrected chi connectivity index (χ3v) is 3.79. The number of hydrogen-bond acceptors (Lipinski definition) is 4. The van der Waals surface area contributed by atoms with Crippen LogP contribution in [-0.4, -0.2) is 27.2 Å². The average molecular weight is 362 g/mol. The maximum absolute atomic E-state index is 12.0. The molecule has 132 valence electrons. The maximum atomic E-state index is 12.0. The topological polar surface area (TPSA) is 56.8 Å². The Labute approximate surface area is 152 Å². The summed E-state index contributed by atoms with van der Waals surface area (Å²) in [5.41, 5.74) is 1.68. The number of amides is 1. The molecule has 2 aromatic rings. The van der Waals surface area contributed by atoms with Gasteiger partial charge in [0.05, 0.1) is 21.3 Å². The van der Waals surface area contributed by atoms with Crippen LogP contribution in [0.2, 0.25) is 5.02 Å². The Bertz CT molecular complexity index is 757. The Balaban J connectivity index is 2.04. The zero-order valence-electron chi connectivity index (χ0n) is 14.3. The van der Waals surface area contributed by atoms with Gasteiger partial charge in [-0.1, -0.05) is 23.7 Å². The van der Waals surface area contributed by atoms with Crippen molar-refractivity contribution in [2.45, 2.75) is 6.54 Å². The van der Waals surface area contributed by atoms with Crippen molar-refractivity contribution in [2.24, 2.45) is 0 Å². The van der Waals surface area contributed by atoms with Crippen molar-refractivity contribution in [1.29, 1.82) is 0 Å². The molecule has 2 aromatic carbocycles. The first kappa shape index (κ1) is 18.7. The van der Waals surface area contributed by atoms with Crippen LogP contribution in [0, 0.1) is 0 Å². The van der Waals surface area contributed by atoms with Gasteiger partial charge in [0.1, 0.15) is 5.75 Å². The number of ether oxygens (including phenoxy) is 3. The summed E-state index contributed by atoms with van der Waals surface area (Å²) in [5, 5.41) is 3.47. The highest BCUT2D eigenvalue weighted by Crippen LogP contribution is 2.34. The van der Waals surface area contributed by atoms with Crippen molar-refractivity contribution >= 4 is 23.6 Å². The molecule has 0 aliphatic carbocycles. The minimum atomic E-state index is -0.216. The van der Waals surface area contributed by atoms with E-state index in [1.54, 1.807) is 51.7 Å². The highest BCUT2D eigenvalue weighted by Gasteiger charge is 2.12. The molecule has 0 aliphatic heterocycles. The first-order chi connectivity index (χ1) is 12.1. The van der Waals surface area contributed by atoms with Gasteiger partial charge in [0.2, 0.25) is 5.91 Å². The molecule has 0 aromatic heterocycles. The highest BCUT2D eigenvalue weighted by atomic mass is 35.5. The molecule has 6 heteroatoms. The quantitative estimate of drug-likeness (QED) is 0.764. The summed E-state index contributed by atoms with van der Waals surface area (Å²) in [6.07, 6.45) is 3.19. The molecule has 0 aliphatic rings. The first-order valence-electron chi connectivity index (χ1n) is 7.57. The maximum Gasteiger partial charge on any atom is 0.244 e. The smallest absolute Gasteiger partial charge is 0.244 e. The summed E-state index contributed by atoms with van der Waals surface area (Å²) in [6, 6.07) is 10.7. The second-order valence-electron chi connectivity index (χ2n) is 5.12. The van der Waals surface area contributed by atoms with Crippen LogP contribution in [0.1, 0.15) is 11.1 Å². The lowest BCUT2D eigenvalue weighted by Gasteiger charge is -2.14. The van der Waals surface area contributed by atoms with Crippen LogP contribution >= 0.6 is 11.6 Å². The lowest BCUT2D eigenvalue weighted by atomic mass is 10.1. The molecule has 0 unspecified atom stereocenters. The van der Waals surface area contributed by atoms with E-state index in [2.05, 4.69) is 5.32 Å². The van der Waals surface area contributed by atoms with Crippen LogP contribution in [0.3, 0.4) is 0 Å². The van der Waals surface area contributed by atoms with E-state index in [1.807, 2.05) is 12.1 Å². The normalized spacial score (nSPS) is 10.6. The minimum absolute atomic E-state index is 0.216. The van der Waals surface area contributed by atoms with Crippen molar-refractivity contribution in [3.05, 3.63) is 58.6 Å². The van der Waals surface area contributed by atoms with Gasteiger partial charge < -0.3 is 19.5 Å². The molecule has 0 saturated heterocycles. The van der Waals surface area contributed by atoms with E-state index >= 15 is 0 Å². The third-order valence-electron chi connectivity index (χ3n) is 3.54. The summed E-state index contributed by atoms with van der Waals surface area (Å²) in [5.74, 6) is 1.53. The SMILES string of the molecule is COc1cc(OC)c(OC)cc1CNC(=O)/C=C/c1ccc(Cl)cc1. The number of benzene rings is 2. The molecular weight excluding hydrogens is 342 g/mol.